The van der Waals surface area contributed by atoms with E-state index >= 15 is 0 Å². The molecule has 0 bridgehead atoms. The summed E-state index contributed by atoms with van der Waals surface area (Å²) >= 11 is 0. The van der Waals surface area contributed by atoms with Crippen molar-refractivity contribution in [2.45, 2.75) is 20.3 Å². The predicted octanol–water partition coefficient (Wildman–Crippen LogP) is 1.99. The monoisotopic (exact) mass is 273 g/mol. The van der Waals surface area contributed by atoms with E-state index in [0.29, 0.717) is 11.3 Å². The molecule has 5 heteroatoms. The largest absolute Gasteiger partial charge is 0.478 e. The molecule has 1 N–H and O–H groups in total. The molecule has 2 rings (SSSR count). The van der Waals surface area contributed by atoms with Crippen molar-refractivity contribution in [1.29, 1.82) is 0 Å². The second kappa shape index (κ2) is 5.28. The van der Waals surface area contributed by atoms with Crippen LogP contribution in [0.4, 0.5) is 5.69 Å². The number of carboxylic acid groups (broad SMARTS) is 1. The molecule has 1 heterocycles. The summed E-state index contributed by atoms with van der Waals surface area (Å²) in [6.07, 6.45) is 2.75. The molecule has 0 radical (unpaired) electrons. The second-order valence-corrected chi connectivity index (χ2v) is 4.89. The Morgan fingerprint density at radius 1 is 1.40 bits per heavy atom. The van der Waals surface area contributed by atoms with Crippen molar-refractivity contribution >= 4 is 29.5 Å². The molecule has 1 aromatic carbocycles. The Morgan fingerprint density at radius 2 is 2.10 bits per heavy atom. The van der Waals surface area contributed by atoms with E-state index in [-0.39, 0.29) is 24.2 Å². The van der Waals surface area contributed by atoms with Gasteiger partial charge in [-0.2, -0.15) is 0 Å². The maximum absolute atomic E-state index is 12.0. The number of rotatable bonds is 3. The molecular formula is C15H15NO4. The van der Waals surface area contributed by atoms with E-state index in [1.807, 2.05) is 0 Å². The van der Waals surface area contributed by atoms with E-state index in [1.165, 1.54) is 11.0 Å². The standard InChI is InChI=1S/C15H15NO4/c1-9-7-11(4-6-14(18)19)3-5-12(9)16-13(17)8-10(2)15(16)20/h3-7,10H,8H2,1-2H3,(H,18,19). The number of nitrogens with zero attached hydrogens (tertiary/aromatic N) is 1. The maximum Gasteiger partial charge on any atom is 0.328 e. The van der Waals surface area contributed by atoms with Gasteiger partial charge in [0.1, 0.15) is 0 Å². The quantitative estimate of drug-likeness (QED) is 0.675. The lowest BCUT2D eigenvalue weighted by Crippen LogP contribution is -2.30. The Kier molecular flexibility index (Phi) is 3.70. The second-order valence-electron chi connectivity index (χ2n) is 4.89. The molecule has 1 aromatic rings. The van der Waals surface area contributed by atoms with Gasteiger partial charge in [-0.05, 0) is 36.3 Å². The fraction of sp³-hybridized carbons (Fsp3) is 0.267. The number of hydrogen-bond donors (Lipinski definition) is 1. The third kappa shape index (κ3) is 2.61. The highest BCUT2D eigenvalue weighted by Crippen LogP contribution is 2.29. The smallest absolute Gasteiger partial charge is 0.328 e. The van der Waals surface area contributed by atoms with Gasteiger partial charge < -0.3 is 5.11 Å². The lowest BCUT2D eigenvalue weighted by Gasteiger charge is -2.17. The third-order valence-corrected chi connectivity index (χ3v) is 3.25. The number of imide groups is 1. The van der Waals surface area contributed by atoms with E-state index in [2.05, 4.69) is 0 Å². The van der Waals surface area contributed by atoms with E-state index in [0.717, 1.165) is 11.6 Å². The van der Waals surface area contributed by atoms with Crippen LogP contribution in [0.5, 0.6) is 0 Å². The molecule has 5 nitrogen and oxygen atoms in total. The fourth-order valence-electron chi connectivity index (χ4n) is 2.24. The van der Waals surface area contributed by atoms with E-state index in [1.54, 1.807) is 32.0 Å². The Morgan fingerprint density at radius 3 is 2.60 bits per heavy atom. The van der Waals surface area contributed by atoms with Crippen LogP contribution in [0, 0.1) is 12.8 Å². The molecule has 1 aliphatic heterocycles. The van der Waals surface area contributed by atoms with Crippen LogP contribution in [-0.4, -0.2) is 22.9 Å². The number of aryl methyl sites for hydroxylation is 1. The number of carboxylic acids is 1. The average Bonchev–Trinajstić information content (AvgIpc) is 2.62. The molecule has 0 saturated carbocycles. The Bertz CT molecular complexity index is 618. The SMILES string of the molecule is Cc1cc(C=CC(=O)O)ccc1N1C(=O)CC(C)C1=O. The molecule has 1 atom stereocenters. The normalized spacial score (nSPS) is 19.1. The summed E-state index contributed by atoms with van der Waals surface area (Å²) in [5, 5.41) is 8.59. The van der Waals surface area contributed by atoms with Crippen LogP contribution in [0.1, 0.15) is 24.5 Å². The number of amides is 2. The van der Waals surface area contributed by atoms with Gasteiger partial charge in [-0.3, -0.25) is 14.5 Å². The molecule has 0 aromatic heterocycles. The van der Waals surface area contributed by atoms with Crippen molar-refractivity contribution in [1.82, 2.24) is 0 Å². The molecule has 1 unspecified atom stereocenters. The van der Waals surface area contributed by atoms with Crippen molar-refractivity contribution in [3.63, 3.8) is 0 Å². The molecule has 1 aliphatic rings. The third-order valence-electron chi connectivity index (χ3n) is 3.25. The summed E-state index contributed by atoms with van der Waals surface area (Å²) < 4.78 is 0. The van der Waals surface area contributed by atoms with Gasteiger partial charge in [0.25, 0.3) is 0 Å². The van der Waals surface area contributed by atoms with E-state index in [4.69, 9.17) is 5.11 Å². The van der Waals surface area contributed by atoms with Gasteiger partial charge in [-0.25, -0.2) is 4.79 Å². The molecular weight excluding hydrogens is 258 g/mol. The van der Waals surface area contributed by atoms with Crippen molar-refractivity contribution in [2.24, 2.45) is 5.92 Å². The van der Waals surface area contributed by atoms with Crippen molar-refractivity contribution < 1.29 is 19.5 Å². The summed E-state index contributed by atoms with van der Waals surface area (Å²) in [5.41, 5.74) is 2.03. The molecule has 20 heavy (non-hydrogen) atoms. The minimum atomic E-state index is -1.02. The van der Waals surface area contributed by atoms with Gasteiger partial charge in [0.2, 0.25) is 11.8 Å². The lowest BCUT2D eigenvalue weighted by molar-refractivity contribution is -0.131. The number of carbonyl (C=O) groups excluding carboxylic acids is 2. The highest BCUT2D eigenvalue weighted by atomic mass is 16.4. The molecule has 104 valence electrons. The van der Waals surface area contributed by atoms with Gasteiger partial charge in [0, 0.05) is 18.4 Å². The van der Waals surface area contributed by atoms with Crippen LogP contribution in [0.3, 0.4) is 0 Å². The molecule has 1 fully saturated rings. The minimum Gasteiger partial charge on any atom is -0.478 e. The first-order valence-corrected chi connectivity index (χ1v) is 6.28. The molecule has 2 amide bonds. The number of hydrogen-bond acceptors (Lipinski definition) is 3. The number of anilines is 1. The van der Waals surface area contributed by atoms with Crippen LogP contribution in [-0.2, 0) is 14.4 Å². The topological polar surface area (TPSA) is 74.7 Å². The zero-order valence-corrected chi connectivity index (χ0v) is 11.3. The molecule has 1 saturated heterocycles. The van der Waals surface area contributed by atoms with Crippen LogP contribution in [0.25, 0.3) is 6.08 Å². The highest BCUT2D eigenvalue weighted by molar-refractivity contribution is 6.21. The number of carbonyl (C=O) groups is 3. The van der Waals surface area contributed by atoms with Gasteiger partial charge in [-0.15, -0.1) is 0 Å². The Balaban J connectivity index is 2.33. The minimum absolute atomic E-state index is 0.188. The first-order valence-electron chi connectivity index (χ1n) is 6.28. The van der Waals surface area contributed by atoms with Crippen LogP contribution in [0.2, 0.25) is 0 Å². The summed E-state index contributed by atoms with van der Waals surface area (Å²) in [6.45, 7) is 3.52. The zero-order valence-electron chi connectivity index (χ0n) is 11.3. The molecule has 0 aliphatic carbocycles. The van der Waals surface area contributed by atoms with Gasteiger partial charge >= 0.3 is 5.97 Å². The lowest BCUT2D eigenvalue weighted by atomic mass is 10.1. The van der Waals surface area contributed by atoms with Crippen molar-refractivity contribution in [3.8, 4) is 0 Å². The van der Waals surface area contributed by atoms with E-state index in [9.17, 15) is 14.4 Å². The number of benzene rings is 1. The first kappa shape index (κ1) is 14.0. The highest BCUT2D eigenvalue weighted by Gasteiger charge is 2.37. The Hall–Kier alpha value is -2.43. The van der Waals surface area contributed by atoms with Crippen LogP contribution >= 0.6 is 0 Å². The zero-order chi connectivity index (χ0) is 14.9. The predicted molar refractivity (Wildman–Crippen MR) is 74.1 cm³/mol. The first-order chi connectivity index (χ1) is 9.40. The molecule has 0 spiro atoms. The van der Waals surface area contributed by atoms with Crippen molar-refractivity contribution in [2.75, 3.05) is 4.90 Å². The van der Waals surface area contributed by atoms with Crippen LogP contribution < -0.4 is 4.90 Å². The van der Waals surface area contributed by atoms with Gasteiger partial charge in [-0.1, -0.05) is 13.0 Å². The van der Waals surface area contributed by atoms with Crippen molar-refractivity contribution in [3.05, 3.63) is 35.4 Å². The summed E-state index contributed by atoms with van der Waals surface area (Å²) in [4.78, 5) is 35.5. The Labute approximate surface area is 116 Å². The van der Waals surface area contributed by atoms with E-state index < -0.39 is 5.97 Å². The average molecular weight is 273 g/mol. The van der Waals surface area contributed by atoms with Gasteiger partial charge in [0.15, 0.2) is 0 Å². The fourth-order valence-corrected chi connectivity index (χ4v) is 2.24. The number of aliphatic carboxylic acids is 1. The summed E-state index contributed by atoms with van der Waals surface area (Å²) in [5.74, 6) is -1.69. The van der Waals surface area contributed by atoms with Gasteiger partial charge in [0.05, 0.1) is 5.69 Å². The van der Waals surface area contributed by atoms with Crippen LogP contribution in [0.15, 0.2) is 24.3 Å². The summed E-state index contributed by atoms with van der Waals surface area (Å²) in [7, 11) is 0. The maximum atomic E-state index is 12.0. The summed E-state index contributed by atoms with van der Waals surface area (Å²) in [6, 6.07) is 5.11.